The molecule has 3 nitrogen and oxygen atoms in total. The van der Waals surface area contributed by atoms with E-state index in [9.17, 15) is 10.1 Å². The topological polar surface area (TPSA) is 43.1 Å². The molecule has 0 atom stereocenters. The Morgan fingerprint density at radius 3 is 2.75 bits per heavy atom. The van der Waals surface area contributed by atoms with E-state index in [0.29, 0.717) is 11.1 Å². The van der Waals surface area contributed by atoms with Crippen molar-refractivity contribution in [2.75, 3.05) is 0 Å². The predicted octanol–water partition coefficient (Wildman–Crippen LogP) is 1.44. The first kappa shape index (κ1) is 8.28. The highest BCUT2D eigenvalue weighted by molar-refractivity contribution is 5.39. The molecular weight excluding hydrogens is 154 g/mol. The Morgan fingerprint density at radius 1 is 1.50 bits per heavy atom. The van der Waals surface area contributed by atoms with E-state index in [1.807, 2.05) is 0 Å². The lowest BCUT2D eigenvalue weighted by Gasteiger charge is -1.97. The SMILES string of the molecule is C#Cc1ccccc1C[N+](=O)[O-]. The maximum Gasteiger partial charge on any atom is 0.230 e. The largest absolute Gasteiger partial charge is 0.264 e. The van der Waals surface area contributed by atoms with Gasteiger partial charge in [0.25, 0.3) is 0 Å². The molecule has 12 heavy (non-hydrogen) atoms. The van der Waals surface area contributed by atoms with Gasteiger partial charge in [-0.3, -0.25) is 10.1 Å². The van der Waals surface area contributed by atoms with Crippen molar-refractivity contribution in [1.29, 1.82) is 0 Å². The van der Waals surface area contributed by atoms with E-state index >= 15 is 0 Å². The minimum absolute atomic E-state index is 0.208. The number of terminal acetylenes is 1. The molecule has 0 aromatic heterocycles. The molecule has 0 N–H and O–H groups in total. The summed E-state index contributed by atoms with van der Waals surface area (Å²) in [6.07, 6.45) is 5.15. The number of hydrogen-bond donors (Lipinski definition) is 0. The van der Waals surface area contributed by atoms with Gasteiger partial charge in [-0.1, -0.05) is 24.1 Å². The minimum atomic E-state index is -0.393. The standard InChI is InChI=1S/C9H7NO2/c1-2-8-5-3-4-6-9(8)7-10(11)12/h1,3-6H,7H2. The van der Waals surface area contributed by atoms with Gasteiger partial charge in [-0.2, -0.15) is 0 Å². The van der Waals surface area contributed by atoms with Crippen LogP contribution in [0.25, 0.3) is 0 Å². The number of benzene rings is 1. The van der Waals surface area contributed by atoms with E-state index in [4.69, 9.17) is 6.42 Å². The lowest BCUT2D eigenvalue weighted by molar-refractivity contribution is -0.496. The third-order valence-corrected chi connectivity index (χ3v) is 1.47. The molecule has 0 aliphatic heterocycles. The second-order valence-corrected chi connectivity index (χ2v) is 2.29. The highest BCUT2D eigenvalue weighted by Crippen LogP contribution is 2.07. The Kier molecular flexibility index (Phi) is 2.44. The van der Waals surface area contributed by atoms with Crippen molar-refractivity contribution >= 4 is 0 Å². The van der Waals surface area contributed by atoms with E-state index in [2.05, 4.69) is 5.92 Å². The second kappa shape index (κ2) is 3.54. The van der Waals surface area contributed by atoms with Crippen molar-refractivity contribution in [2.24, 2.45) is 0 Å². The number of nitro groups is 1. The molecule has 1 aromatic carbocycles. The van der Waals surface area contributed by atoms with Gasteiger partial charge in [0.15, 0.2) is 0 Å². The van der Waals surface area contributed by atoms with Gasteiger partial charge in [-0.25, -0.2) is 0 Å². The predicted molar refractivity (Wildman–Crippen MR) is 45.1 cm³/mol. The Bertz CT molecular complexity index is 339. The van der Waals surface area contributed by atoms with Gasteiger partial charge in [0.1, 0.15) is 0 Å². The average Bonchev–Trinajstić information content (AvgIpc) is 2.04. The summed E-state index contributed by atoms with van der Waals surface area (Å²) in [4.78, 5) is 9.78. The molecule has 0 bridgehead atoms. The molecule has 0 unspecified atom stereocenters. The van der Waals surface area contributed by atoms with E-state index < -0.39 is 4.92 Å². The molecule has 3 heteroatoms. The monoisotopic (exact) mass is 161 g/mol. The summed E-state index contributed by atoms with van der Waals surface area (Å²) in [6.45, 7) is -0.208. The first-order valence-electron chi connectivity index (χ1n) is 3.40. The summed E-state index contributed by atoms with van der Waals surface area (Å²) in [5.74, 6) is 2.40. The van der Waals surface area contributed by atoms with Crippen LogP contribution in [0.5, 0.6) is 0 Å². The Balaban J connectivity index is 2.99. The molecule has 0 fully saturated rings. The van der Waals surface area contributed by atoms with Gasteiger partial charge in [-0.15, -0.1) is 6.42 Å². The van der Waals surface area contributed by atoms with Gasteiger partial charge in [0.05, 0.1) is 0 Å². The maximum absolute atomic E-state index is 10.2. The van der Waals surface area contributed by atoms with Crippen molar-refractivity contribution in [3.8, 4) is 12.3 Å². The highest BCUT2D eigenvalue weighted by atomic mass is 16.6. The summed E-state index contributed by atoms with van der Waals surface area (Å²) >= 11 is 0. The first-order valence-corrected chi connectivity index (χ1v) is 3.40. The third-order valence-electron chi connectivity index (χ3n) is 1.47. The normalized spacial score (nSPS) is 8.92. The van der Waals surface area contributed by atoms with E-state index in [0.717, 1.165) is 0 Å². The molecule has 0 aliphatic rings. The van der Waals surface area contributed by atoms with Crippen molar-refractivity contribution in [1.82, 2.24) is 0 Å². The van der Waals surface area contributed by atoms with Crippen LogP contribution in [0.3, 0.4) is 0 Å². The molecule has 0 spiro atoms. The van der Waals surface area contributed by atoms with Gasteiger partial charge in [-0.05, 0) is 6.07 Å². The Hall–Kier alpha value is -1.82. The van der Waals surface area contributed by atoms with Crippen LogP contribution in [0.15, 0.2) is 24.3 Å². The summed E-state index contributed by atoms with van der Waals surface area (Å²) < 4.78 is 0. The minimum Gasteiger partial charge on any atom is -0.264 e. The summed E-state index contributed by atoms with van der Waals surface area (Å²) in [6, 6.07) is 6.86. The molecule has 1 aromatic rings. The van der Waals surface area contributed by atoms with Crippen LogP contribution >= 0.6 is 0 Å². The Morgan fingerprint density at radius 2 is 2.17 bits per heavy atom. The smallest absolute Gasteiger partial charge is 0.230 e. The van der Waals surface area contributed by atoms with Crippen LogP contribution in [-0.4, -0.2) is 4.92 Å². The fraction of sp³-hybridized carbons (Fsp3) is 0.111. The van der Waals surface area contributed by atoms with Crippen LogP contribution in [0.4, 0.5) is 0 Å². The molecule has 1 rings (SSSR count). The van der Waals surface area contributed by atoms with Crippen LogP contribution in [-0.2, 0) is 6.54 Å². The molecule has 0 saturated carbocycles. The Labute approximate surface area is 70.2 Å². The van der Waals surface area contributed by atoms with Crippen molar-refractivity contribution < 1.29 is 4.92 Å². The van der Waals surface area contributed by atoms with Crippen molar-refractivity contribution in [3.63, 3.8) is 0 Å². The highest BCUT2D eigenvalue weighted by Gasteiger charge is 2.04. The fourth-order valence-corrected chi connectivity index (χ4v) is 0.938. The zero-order valence-electron chi connectivity index (χ0n) is 6.36. The van der Waals surface area contributed by atoms with Gasteiger partial charge >= 0.3 is 0 Å². The lowest BCUT2D eigenvalue weighted by atomic mass is 10.1. The number of nitrogens with zero attached hydrogens (tertiary/aromatic N) is 1. The van der Waals surface area contributed by atoms with Crippen LogP contribution in [0, 0.1) is 22.5 Å². The molecule has 0 amide bonds. The van der Waals surface area contributed by atoms with Crippen molar-refractivity contribution in [3.05, 3.63) is 45.5 Å². The second-order valence-electron chi connectivity index (χ2n) is 2.29. The van der Waals surface area contributed by atoms with Crippen molar-refractivity contribution in [2.45, 2.75) is 6.54 Å². The zero-order valence-corrected chi connectivity index (χ0v) is 6.36. The molecule has 0 radical (unpaired) electrons. The summed E-state index contributed by atoms with van der Waals surface area (Å²) in [5.41, 5.74) is 1.18. The molecule has 0 heterocycles. The van der Waals surface area contributed by atoms with Crippen LogP contribution in [0.2, 0.25) is 0 Å². The maximum atomic E-state index is 10.2. The van der Waals surface area contributed by atoms with Gasteiger partial charge in [0, 0.05) is 16.1 Å². The number of rotatable bonds is 2. The van der Waals surface area contributed by atoms with Crippen LogP contribution in [0.1, 0.15) is 11.1 Å². The average molecular weight is 161 g/mol. The van der Waals surface area contributed by atoms with E-state index in [1.165, 1.54) is 0 Å². The van der Waals surface area contributed by atoms with E-state index in [1.54, 1.807) is 24.3 Å². The molecule has 0 saturated heterocycles. The first-order chi connectivity index (χ1) is 5.74. The molecule has 60 valence electrons. The summed E-state index contributed by atoms with van der Waals surface area (Å²) in [7, 11) is 0. The zero-order chi connectivity index (χ0) is 8.97. The number of hydrogen-bond acceptors (Lipinski definition) is 2. The van der Waals surface area contributed by atoms with Crippen LogP contribution < -0.4 is 0 Å². The van der Waals surface area contributed by atoms with Gasteiger partial charge in [0.2, 0.25) is 6.54 Å². The molecule has 0 aliphatic carbocycles. The third kappa shape index (κ3) is 1.83. The lowest BCUT2D eigenvalue weighted by Crippen LogP contribution is -2.00. The summed E-state index contributed by atoms with van der Waals surface area (Å²) in [5, 5.41) is 10.2. The van der Waals surface area contributed by atoms with E-state index in [-0.39, 0.29) is 6.54 Å². The van der Waals surface area contributed by atoms with Gasteiger partial charge < -0.3 is 0 Å². The molecular formula is C9H7NO2. The quantitative estimate of drug-likeness (QED) is 0.374. The fourth-order valence-electron chi connectivity index (χ4n) is 0.938.